The fourth-order valence-electron chi connectivity index (χ4n) is 1.86. The molecule has 1 saturated heterocycles. The lowest BCUT2D eigenvalue weighted by molar-refractivity contribution is 0.456. The summed E-state index contributed by atoms with van der Waals surface area (Å²) in [6.45, 7) is 1.70. The molecule has 0 unspecified atom stereocenters. The smallest absolute Gasteiger partial charge is 0.214 e. The number of hydrogen-bond donors (Lipinski definition) is 1. The molecule has 0 aliphatic carbocycles. The zero-order valence-electron chi connectivity index (χ0n) is 9.39. The Morgan fingerprint density at radius 2 is 2.12 bits per heavy atom. The Labute approximate surface area is 107 Å². The maximum Gasteiger partial charge on any atom is 0.214 e. The second-order valence-electron chi connectivity index (χ2n) is 3.98. The van der Waals surface area contributed by atoms with E-state index in [9.17, 15) is 8.42 Å². The van der Waals surface area contributed by atoms with Gasteiger partial charge in [0.15, 0.2) is 0 Å². The summed E-state index contributed by atoms with van der Waals surface area (Å²) in [6.07, 6.45) is 0.731. The monoisotopic (exact) mass is 274 g/mol. The van der Waals surface area contributed by atoms with Gasteiger partial charge in [0, 0.05) is 19.6 Å². The molecule has 0 atom stereocenters. The minimum absolute atomic E-state index is 0.277. The van der Waals surface area contributed by atoms with E-state index in [1.807, 2.05) is 18.2 Å². The minimum atomic E-state index is -2.99. The molecule has 1 aliphatic rings. The number of nitrogens with zero attached hydrogens (tertiary/aromatic N) is 1. The largest absolute Gasteiger partial charge is 0.383 e. The molecule has 0 saturated carbocycles. The van der Waals surface area contributed by atoms with Gasteiger partial charge < -0.3 is 5.32 Å². The van der Waals surface area contributed by atoms with Gasteiger partial charge in [-0.2, -0.15) is 0 Å². The average Bonchev–Trinajstić information content (AvgIpc) is 2.61. The second-order valence-corrected chi connectivity index (χ2v) is 6.47. The van der Waals surface area contributed by atoms with E-state index in [0.717, 1.165) is 12.1 Å². The predicted molar refractivity (Wildman–Crippen MR) is 69.9 cm³/mol. The summed E-state index contributed by atoms with van der Waals surface area (Å²) in [5.41, 5.74) is 0.839. The lowest BCUT2D eigenvalue weighted by Crippen LogP contribution is -2.30. The van der Waals surface area contributed by atoms with Crippen molar-refractivity contribution in [2.75, 3.05) is 30.7 Å². The van der Waals surface area contributed by atoms with E-state index < -0.39 is 10.0 Å². The summed E-state index contributed by atoms with van der Waals surface area (Å²) >= 11 is 5.98. The van der Waals surface area contributed by atoms with Crippen LogP contribution in [0.4, 0.5) is 5.69 Å². The standard InChI is InChI=1S/C11H15ClN2O2S/c12-10-4-1-2-5-11(10)13-6-8-14-7-3-9-17(14,15)16/h1-2,4-5,13H,3,6-9H2. The average molecular weight is 275 g/mol. The van der Waals surface area contributed by atoms with Crippen molar-refractivity contribution in [2.45, 2.75) is 6.42 Å². The van der Waals surface area contributed by atoms with Gasteiger partial charge >= 0.3 is 0 Å². The Morgan fingerprint density at radius 1 is 1.35 bits per heavy atom. The van der Waals surface area contributed by atoms with E-state index in [0.29, 0.717) is 24.7 Å². The van der Waals surface area contributed by atoms with Gasteiger partial charge in [0.1, 0.15) is 0 Å². The molecular weight excluding hydrogens is 260 g/mol. The lowest BCUT2D eigenvalue weighted by Gasteiger charge is -2.15. The first kappa shape index (κ1) is 12.7. The number of benzene rings is 1. The van der Waals surface area contributed by atoms with Crippen LogP contribution in [-0.2, 0) is 10.0 Å². The highest BCUT2D eigenvalue weighted by molar-refractivity contribution is 7.89. The topological polar surface area (TPSA) is 49.4 Å². The molecular formula is C11H15ClN2O2S. The van der Waals surface area contributed by atoms with Gasteiger partial charge in [-0.05, 0) is 18.6 Å². The molecule has 0 amide bonds. The van der Waals surface area contributed by atoms with Crippen molar-refractivity contribution >= 4 is 27.3 Å². The van der Waals surface area contributed by atoms with Crippen molar-refractivity contribution in [3.8, 4) is 0 Å². The molecule has 94 valence electrons. The van der Waals surface area contributed by atoms with Crippen molar-refractivity contribution in [2.24, 2.45) is 0 Å². The third-order valence-corrected chi connectivity index (χ3v) is 5.04. The summed E-state index contributed by atoms with van der Waals surface area (Å²) in [7, 11) is -2.99. The van der Waals surface area contributed by atoms with Crippen LogP contribution in [0.15, 0.2) is 24.3 Å². The molecule has 1 aliphatic heterocycles. The van der Waals surface area contributed by atoms with E-state index in [4.69, 9.17) is 11.6 Å². The van der Waals surface area contributed by atoms with Crippen molar-refractivity contribution in [1.29, 1.82) is 0 Å². The fraction of sp³-hybridized carbons (Fsp3) is 0.455. The SMILES string of the molecule is O=S1(=O)CCCN1CCNc1ccccc1Cl. The van der Waals surface area contributed by atoms with Gasteiger partial charge in [-0.1, -0.05) is 23.7 Å². The molecule has 2 rings (SSSR count). The Hall–Kier alpha value is -0.780. The Bertz CT molecular complexity index is 490. The highest BCUT2D eigenvalue weighted by Crippen LogP contribution is 2.20. The molecule has 1 fully saturated rings. The first-order chi connectivity index (χ1) is 8.09. The lowest BCUT2D eigenvalue weighted by atomic mass is 10.3. The van der Waals surface area contributed by atoms with Crippen LogP contribution in [-0.4, -0.2) is 38.1 Å². The molecule has 0 bridgehead atoms. The normalized spacial score (nSPS) is 19.4. The minimum Gasteiger partial charge on any atom is -0.383 e. The summed E-state index contributed by atoms with van der Waals surface area (Å²) in [4.78, 5) is 0. The molecule has 17 heavy (non-hydrogen) atoms. The van der Waals surface area contributed by atoms with Crippen molar-refractivity contribution in [3.63, 3.8) is 0 Å². The van der Waals surface area contributed by atoms with E-state index in [1.54, 1.807) is 6.07 Å². The summed E-state index contributed by atoms with van der Waals surface area (Å²) in [5.74, 6) is 0.277. The van der Waals surface area contributed by atoms with Gasteiger partial charge in [-0.25, -0.2) is 12.7 Å². The summed E-state index contributed by atoms with van der Waals surface area (Å²) < 4.78 is 24.6. The van der Waals surface area contributed by atoms with E-state index in [-0.39, 0.29) is 5.75 Å². The van der Waals surface area contributed by atoms with Crippen LogP contribution in [0.3, 0.4) is 0 Å². The zero-order valence-corrected chi connectivity index (χ0v) is 11.0. The van der Waals surface area contributed by atoms with Crippen LogP contribution in [0, 0.1) is 0 Å². The van der Waals surface area contributed by atoms with Gasteiger partial charge in [0.2, 0.25) is 10.0 Å². The van der Waals surface area contributed by atoms with Gasteiger partial charge in [-0.3, -0.25) is 0 Å². The van der Waals surface area contributed by atoms with Crippen LogP contribution in [0.1, 0.15) is 6.42 Å². The number of rotatable bonds is 4. The summed E-state index contributed by atoms with van der Waals surface area (Å²) in [6, 6.07) is 7.43. The quantitative estimate of drug-likeness (QED) is 0.911. The van der Waals surface area contributed by atoms with E-state index in [2.05, 4.69) is 5.32 Å². The first-order valence-electron chi connectivity index (χ1n) is 5.56. The van der Waals surface area contributed by atoms with Crippen LogP contribution in [0.25, 0.3) is 0 Å². The maximum atomic E-state index is 11.5. The van der Waals surface area contributed by atoms with Crippen molar-refractivity contribution < 1.29 is 8.42 Å². The van der Waals surface area contributed by atoms with Crippen molar-refractivity contribution in [3.05, 3.63) is 29.3 Å². The molecule has 4 nitrogen and oxygen atoms in total. The van der Waals surface area contributed by atoms with Crippen molar-refractivity contribution in [1.82, 2.24) is 4.31 Å². The molecule has 1 heterocycles. The third-order valence-electron chi connectivity index (χ3n) is 2.75. The summed E-state index contributed by atoms with van der Waals surface area (Å²) in [5, 5.41) is 3.79. The number of hydrogen-bond acceptors (Lipinski definition) is 3. The van der Waals surface area contributed by atoms with Crippen LogP contribution in [0.2, 0.25) is 5.02 Å². The molecule has 0 aromatic heterocycles. The second kappa shape index (κ2) is 5.25. The number of nitrogens with one attached hydrogen (secondary N) is 1. The van der Waals surface area contributed by atoms with Gasteiger partial charge in [0.05, 0.1) is 16.5 Å². The Balaban J connectivity index is 1.86. The molecule has 1 aromatic rings. The molecule has 6 heteroatoms. The third kappa shape index (κ3) is 3.12. The van der Waals surface area contributed by atoms with E-state index in [1.165, 1.54) is 4.31 Å². The molecule has 0 spiro atoms. The number of anilines is 1. The molecule has 1 N–H and O–H groups in total. The van der Waals surface area contributed by atoms with Gasteiger partial charge in [0.25, 0.3) is 0 Å². The van der Waals surface area contributed by atoms with Crippen LogP contribution in [0.5, 0.6) is 0 Å². The predicted octanol–water partition coefficient (Wildman–Crippen LogP) is 1.79. The van der Waals surface area contributed by atoms with E-state index >= 15 is 0 Å². The van der Waals surface area contributed by atoms with Gasteiger partial charge in [-0.15, -0.1) is 0 Å². The Kier molecular flexibility index (Phi) is 3.91. The van der Waals surface area contributed by atoms with Crippen LogP contribution >= 0.6 is 11.6 Å². The first-order valence-corrected chi connectivity index (χ1v) is 7.54. The fourth-order valence-corrected chi connectivity index (χ4v) is 3.59. The Morgan fingerprint density at radius 3 is 2.76 bits per heavy atom. The highest BCUT2D eigenvalue weighted by atomic mass is 35.5. The maximum absolute atomic E-state index is 11.5. The number of para-hydroxylation sites is 1. The number of halogens is 1. The molecule has 0 radical (unpaired) electrons. The zero-order chi connectivity index (χ0) is 12.3. The highest BCUT2D eigenvalue weighted by Gasteiger charge is 2.27. The molecule has 1 aromatic carbocycles. The van der Waals surface area contributed by atoms with Crippen LogP contribution < -0.4 is 5.32 Å². The number of sulfonamides is 1.